The van der Waals surface area contributed by atoms with Gasteiger partial charge in [0.05, 0.1) is 0 Å². The predicted octanol–water partition coefficient (Wildman–Crippen LogP) is 0.769. The Morgan fingerprint density at radius 3 is 3.00 bits per heavy atom. The smallest absolute Gasteiger partial charge is 0.329 e. The summed E-state index contributed by atoms with van der Waals surface area (Å²) in [6.45, 7) is 5.66. The second-order valence-electron chi connectivity index (χ2n) is 4.81. The Labute approximate surface area is 109 Å². The van der Waals surface area contributed by atoms with Gasteiger partial charge in [0.25, 0.3) is 0 Å². The first-order chi connectivity index (χ1) is 9.06. The molecule has 2 aromatic heterocycles. The summed E-state index contributed by atoms with van der Waals surface area (Å²) in [6.07, 6.45) is 2.89. The Morgan fingerprint density at radius 2 is 2.26 bits per heavy atom. The number of allylic oxidation sites excluding steroid dienone is 1. The third-order valence-corrected chi connectivity index (χ3v) is 3.32. The topological polar surface area (TPSA) is 68.4 Å². The average Bonchev–Trinajstić information content (AvgIpc) is 2.66. The molecule has 1 N–H and O–H groups in total. The van der Waals surface area contributed by atoms with Crippen molar-refractivity contribution in [2.24, 2.45) is 0 Å². The quantitative estimate of drug-likeness (QED) is 0.821. The molecule has 1 amide bonds. The fourth-order valence-corrected chi connectivity index (χ4v) is 2.29. The number of pyridine rings is 1. The number of carbonyl (C=O) groups is 1. The van der Waals surface area contributed by atoms with Crippen molar-refractivity contribution in [1.29, 1.82) is 0 Å². The summed E-state index contributed by atoms with van der Waals surface area (Å²) in [5.41, 5.74) is 1.98. The zero-order chi connectivity index (χ0) is 13.6. The third-order valence-electron chi connectivity index (χ3n) is 3.32. The van der Waals surface area contributed by atoms with Crippen LogP contribution in [-0.2, 0) is 4.79 Å². The van der Waals surface area contributed by atoms with Gasteiger partial charge in [-0.3, -0.25) is 9.20 Å². The number of carbonyl (C=O) groups excluding carboxylic acids is 1. The van der Waals surface area contributed by atoms with E-state index < -0.39 is 6.04 Å². The lowest BCUT2D eigenvalue weighted by molar-refractivity contribution is -0.125. The van der Waals surface area contributed by atoms with Crippen molar-refractivity contribution in [2.75, 3.05) is 0 Å². The van der Waals surface area contributed by atoms with E-state index in [1.54, 1.807) is 6.20 Å². The molecule has 0 aromatic carbocycles. The van der Waals surface area contributed by atoms with Gasteiger partial charge in [-0.1, -0.05) is 6.58 Å². The van der Waals surface area contributed by atoms with Crippen molar-refractivity contribution in [1.82, 2.24) is 19.5 Å². The molecule has 0 radical (unpaired) electrons. The van der Waals surface area contributed by atoms with Gasteiger partial charge in [0.15, 0.2) is 5.65 Å². The van der Waals surface area contributed by atoms with E-state index in [1.165, 1.54) is 9.08 Å². The summed E-state index contributed by atoms with van der Waals surface area (Å²) < 4.78 is 2.71. The number of rotatable bonds is 1. The van der Waals surface area contributed by atoms with E-state index in [9.17, 15) is 9.59 Å². The molecule has 0 saturated carbocycles. The molecule has 19 heavy (non-hydrogen) atoms. The highest BCUT2D eigenvalue weighted by Crippen LogP contribution is 2.20. The van der Waals surface area contributed by atoms with E-state index >= 15 is 0 Å². The van der Waals surface area contributed by atoms with E-state index in [-0.39, 0.29) is 11.6 Å². The number of nitrogens with zero attached hydrogens (tertiary/aromatic N) is 3. The fraction of sp³-hybridized carbons (Fsp3) is 0.308. The summed E-state index contributed by atoms with van der Waals surface area (Å²) in [7, 11) is 0. The first kappa shape index (κ1) is 11.7. The van der Waals surface area contributed by atoms with Crippen LogP contribution in [0.3, 0.4) is 0 Å². The van der Waals surface area contributed by atoms with Gasteiger partial charge in [0, 0.05) is 11.9 Å². The summed E-state index contributed by atoms with van der Waals surface area (Å²) >= 11 is 0. The van der Waals surface area contributed by atoms with Crippen LogP contribution in [0.15, 0.2) is 35.4 Å². The van der Waals surface area contributed by atoms with Gasteiger partial charge < -0.3 is 5.32 Å². The van der Waals surface area contributed by atoms with Crippen LogP contribution in [0.5, 0.6) is 0 Å². The van der Waals surface area contributed by atoms with Crippen LogP contribution in [0.25, 0.3) is 5.65 Å². The van der Waals surface area contributed by atoms with Crippen LogP contribution in [0.4, 0.5) is 0 Å². The second kappa shape index (κ2) is 4.08. The van der Waals surface area contributed by atoms with E-state index in [0.29, 0.717) is 24.2 Å². The zero-order valence-corrected chi connectivity index (χ0v) is 10.6. The van der Waals surface area contributed by atoms with Crippen LogP contribution in [0, 0.1) is 6.92 Å². The molecule has 98 valence electrons. The van der Waals surface area contributed by atoms with Crippen molar-refractivity contribution in [3.63, 3.8) is 0 Å². The molecular formula is C13H14N4O2. The van der Waals surface area contributed by atoms with Gasteiger partial charge in [-0.2, -0.15) is 4.68 Å². The molecule has 1 atom stereocenters. The van der Waals surface area contributed by atoms with Crippen molar-refractivity contribution in [3.05, 3.63) is 46.7 Å². The molecule has 0 bridgehead atoms. The minimum absolute atomic E-state index is 0.224. The number of nitrogens with one attached hydrogen (secondary N) is 1. The van der Waals surface area contributed by atoms with E-state index in [0.717, 1.165) is 5.56 Å². The number of aromatic nitrogens is 3. The number of fused-ring (bicyclic) bond motifs is 1. The van der Waals surface area contributed by atoms with Gasteiger partial charge in [-0.05, 0) is 37.5 Å². The molecule has 0 spiro atoms. The number of aryl methyl sites for hydroxylation is 1. The first-order valence-electron chi connectivity index (χ1n) is 6.12. The van der Waals surface area contributed by atoms with Crippen molar-refractivity contribution in [2.45, 2.75) is 25.8 Å². The molecule has 3 rings (SSSR count). The Morgan fingerprint density at radius 1 is 1.47 bits per heavy atom. The van der Waals surface area contributed by atoms with Crippen molar-refractivity contribution < 1.29 is 4.79 Å². The maximum atomic E-state index is 12.2. The van der Waals surface area contributed by atoms with Gasteiger partial charge in [0.2, 0.25) is 5.91 Å². The van der Waals surface area contributed by atoms with Gasteiger partial charge in [0.1, 0.15) is 6.04 Å². The highest BCUT2D eigenvalue weighted by atomic mass is 16.2. The van der Waals surface area contributed by atoms with Crippen molar-refractivity contribution >= 4 is 11.6 Å². The molecular weight excluding hydrogens is 244 g/mol. The van der Waals surface area contributed by atoms with Crippen LogP contribution in [0.2, 0.25) is 0 Å². The fourth-order valence-electron chi connectivity index (χ4n) is 2.29. The van der Waals surface area contributed by atoms with Crippen molar-refractivity contribution in [3.8, 4) is 0 Å². The van der Waals surface area contributed by atoms with Crippen LogP contribution in [-0.4, -0.2) is 20.1 Å². The monoisotopic (exact) mass is 258 g/mol. The molecule has 2 aromatic rings. The third kappa shape index (κ3) is 1.85. The zero-order valence-electron chi connectivity index (χ0n) is 10.6. The molecule has 0 aliphatic carbocycles. The second-order valence-corrected chi connectivity index (χ2v) is 4.81. The van der Waals surface area contributed by atoms with E-state index in [2.05, 4.69) is 17.0 Å². The molecule has 1 aliphatic rings. The molecule has 1 saturated heterocycles. The minimum atomic E-state index is -0.557. The molecule has 3 heterocycles. The Hall–Kier alpha value is -2.37. The Bertz CT molecular complexity index is 741. The highest BCUT2D eigenvalue weighted by Gasteiger charge is 2.28. The summed E-state index contributed by atoms with van der Waals surface area (Å²) in [5.74, 6) is -0.224. The number of amides is 1. The lowest BCUT2D eigenvalue weighted by atomic mass is 10.1. The summed E-state index contributed by atoms with van der Waals surface area (Å²) in [4.78, 5) is 24.1. The molecule has 1 fully saturated rings. The van der Waals surface area contributed by atoms with Crippen LogP contribution in [0.1, 0.15) is 24.4 Å². The maximum Gasteiger partial charge on any atom is 0.351 e. The lowest BCUT2D eigenvalue weighted by Gasteiger charge is -2.22. The van der Waals surface area contributed by atoms with E-state index in [1.807, 2.05) is 19.1 Å². The number of hydrogen-bond donors (Lipinski definition) is 1. The molecule has 6 nitrogen and oxygen atoms in total. The maximum absolute atomic E-state index is 12.2. The average molecular weight is 258 g/mol. The molecule has 1 aliphatic heterocycles. The Balaban J connectivity index is 2.10. The van der Waals surface area contributed by atoms with Gasteiger partial charge in [-0.15, -0.1) is 5.10 Å². The molecule has 6 heteroatoms. The summed E-state index contributed by atoms with van der Waals surface area (Å²) in [5, 5.41) is 6.92. The number of piperidine rings is 1. The normalized spacial score (nSPS) is 19.7. The Kier molecular flexibility index (Phi) is 2.51. The SMILES string of the molecule is C=C1CCC(n2nc3cc(C)ccn3c2=O)C(=O)N1. The highest BCUT2D eigenvalue weighted by molar-refractivity contribution is 5.82. The minimum Gasteiger partial charge on any atom is -0.329 e. The van der Waals surface area contributed by atoms with Gasteiger partial charge in [-0.25, -0.2) is 4.79 Å². The van der Waals surface area contributed by atoms with Crippen LogP contribution >= 0.6 is 0 Å². The standard InChI is InChI=1S/C13H14N4O2/c1-8-5-6-16-11(7-8)15-17(13(16)19)10-4-3-9(2)14-12(10)18/h5-7,10H,2-4H2,1H3,(H,14,18). The first-order valence-corrected chi connectivity index (χ1v) is 6.12. The van der Waals surface area contributed by atoms with Gasteiger partial charge >= 0.3 is 5.69 Å². The lowest BCUT2D eigenvalue weighted by Crippen LogP contribution is -2.40. The largest absolute Gasteiger partial charge is 0.351 e. The molecule has 1 unspecified atom stereocenters. The summed E-state index contributed by atoms with van der Waals surface area (Å²) in [6, 6.07) is 3.10. The van der Waals surface area contributed by atoms with E-state index in [4.69, 9.17) is 0 Å². The number of hydrogen-bond acceptors (Lipinski definition) is 3. The van der Waals surface area contributed by atoms with Crippen LogP contribution < -0.4 is 11.0 Å². The predicted molar refractivity (Wildman–Crippen MR) is 69.7 cm³/mol.